The number of nitrogens with one attached hydrogen (secondary N) is 4. The van der Waals surface area contributed by atoms with Gasteiger partial charge in [0.1, 0.15) is 12.1 Å². The Balaban J connectivity index is 1.33. The van der Waals surface area contributed by atoms with Gasteiger partial charge in [0.05, 0.1) is 24.4 Å². The summed E-state index contributed by atoms with van der Waals surface area (Å²) < 4.78 is 26.8. The third-order valence-electron chi connectivity index (χ3n) is 11.5. The molecule has 1 aliphatic heterocycles. The van der Waals surface area contributed by atoms with Crippen molar-refractivity contribution in [3.63, 3.8) is 0 Å². The fourth-order valence-corrected chi connectivity index (χ4v) is 9.41. The van der Waals surface area contributed by atoms with Crippen LogP contribution in [-0.2, 0) is 34.0 Å². The van der Waals surface area contributed by atoms with Gasteiger partial charge < -0.3 is 26.2 Å². The van der Waals surface area contributed by atoms with E-state index in [0.717, 1.165) is 49.4 Å². The first kappa shape index (κ1) is 37.5. The van der Waals surface area contributed by atoms with Gasteiger partial charge >= 0.3 is 6.03 Å². The van der Waals surface area contributed by atoms with Crippen molar-refractivity contribution in [2.24, 2.45) is 28.6 Å². The lowest BCUT2D eigenvalue weighted by atomic mass is 9.83. The van der Waals surface area contributed by atoms with E-state index < -0.39 is 68.6 Å². The molecule has 5 fully saturated rings. The number of piperidine rings is 1. The molecule has 0 unspecified atom stereocenters. The van der Waals surface area contributed by atoms with Gasteiger partial charge in [0, 0.05) is 19.6 Å². The van der Waals surface area contributed by atoms with Crippen molar-refractivity contribution < 1.29 is 37.2 Å². The molecule has 5 aliphatic rings. The quantitative estimate of drug-likeness (QED) is 0.156. The molecule has 4 saturated carbocycles. The third kappa shape index (κ3) is 8.41. The highest BCUT2D eigenvalue weighted by atomic mass is 32.2. The maximum Gasteiger partial charge on any atom is 0.315 e. The van der Waals surface area contributed by atoms with Crippen LogP contribution in [0, 0.1) is 28.6 Å². The standard InChI is InChI=1S/C34H56N6O8S/c1-32(2,3)27(37-31(45)38-34(15-9-8-10-16-34)19-49(46,47)39(6)48-7)30(44)40-18-22-24(33(22,4)5)25(40)28(42)36-23(17-20-11-12-20)26(41)29(43)35-21-13-14-21/h20-25,27H,8-19H2,1-7H3,(H,35,43)(H,36,42)(H2,37,38,45)/t22-,23-,24-,25-,27+/m0/s1. The van der Waals surface area contributed by atoms with Crippen LogP contribution in [0.1, 0.15) is 98.8 Å². The van der Waals surface area contributed by atoms with Gasteiger partial charge in [-0.2, -0.15) is 0 Å². The van der Waals surface area contributed by atoms with Crippen LogP contribution in [0.4, 0.5) is 4.79 Å². The lowest BCUT2D eigenvalue weighted by Crippen LogP contribution is -2.64. The van der Waals surface area contributed by atoms with E-state index in [2.05, 4.69) is 35.1 Å². The summed E-state index contributed by atoms with van der Waals surface area (Å²) in [6, 6.07) is -3.54. The van der Waals surface area contributed by atoms with Gasteiger partial charge in [-0.05, 0) is 60.7 Å². The molecule has 0 aromatic rings. The second kappa shape index (κ2) is 13.7. The van der Waals surface area contributed by atoms with Crippen LogP contribution < -0.4 is 21.3 Å². The smallest absolute Gasteiger partial charge is 0.315 e. The summed E-state index contributed by atoms with van der Waals surface area (Å²) in [6.07, 6.45) is 7.24. The van der Waals surface area contributed by atoms with Gasteiger partial charge in [-0.3, -0.25) is 24.0 Å². The van der Waals surface area contributed by atoms with Crippen LogP contribution in [0.15, 0.2) is 0 Å². The van der Waals surface area contributed by atoms with Crippen LogP contribution >= 0.6 is 0 Å². The summed E-state index contributed by atoms with van der Waals surface area (Å²) in [5, 5.41) is 11.4. The number of carbonyl (C=O) groups is 5. The van der Waals surface area contributed by atoms with E-state index in [-0.39, 0.29) is 35.0 Å². The minimum atomic E-state index is -3.86. The summed E-state index contributed by atoms with van der Waals surface area (Å²) in [4.78, 5) is 74.7. The summed E-state index contributed by atoms with van der Waals surface area (Å²) in [5.41, 5.74) is -2.02. The highest BCUT2D eigenvalue weighted by Crippen LogP contribution is 2.65. The van der Waals surface area contributed by atoms with Crippen LogP contribution in [-0.4, -0.2) is 103 Å². The summed E-state index contributed by atoms with van der Waals surface area (Å²) in [7, 11) is -1.29. The molecule has 0 aromatic heterocycles. The summed E-state index contributed by atoms with van der Waals surface area (Å²) in [5.74, 6) is -2.39. The lowest BCUT2D eigenvalue weighted by molar-refractivity contribution is -0.145. The predicted molar refractivity (Wildman–Crippen MR) is 181 cm³/mol. The number of likely N-dealkylation sites (tertiary alicyclic amines) is 1. The SMILES string of the molecule is CON(C)S(=O)(=O)CC1(NC(=O)N[C@H](C(=O)N2C[C@H]3[C@@H]([C@H]2C(=O)N[C@@H](CC2CC2)C(=O)C(=O)NC2CC2)C3(C)C)C(C)(C)C)CCCCC1. The zero-order chi connectivity index (χ0) is 36.1. The molecule has 1 saturated heterocycles. The zero-order valence-corrected chi connectivity index (χ0v) is 30.9. The Morgan fingerprint density at radius 2 is 1.61 bits per heavy atom. The molecule has 5 amide bonds. The van der Waals surface area contributed by atoms with Crippen LogP contribution in [0.5, 0.6) is 0 Å². The Hall–Kier alpha value is -2.78. The van der Waals surface area contributed by atoms with Crippen LogP contribution in [0.2, 0.25) is 0 Å². The Morgan fingerprint density at radius 3 is 2.16 bits per heavy atom. The molecular formula is C34H56N6O8S. The number of nitrogens with zero attached hydrogens (tertiary/aromatic N) is 2. The Morgan fingerprint density at radius 1 is 0.980 bits per heavy atom. The van der Waals surface area contributed by atoms with Gasteiger partial charge in [0.15, 0.2) is 0 Å². The first-order chi connectivity index (χ1) is 22.8. The summed E-state index contributed by atoms with van der Waals surface area (Å²) in [6.45, 7) is 9.91. The van der Waals surface area contributed by atoms with Crippen LogP contribution in [0.25, 0.3) is 0 Å². The Kier molecular flexibility index (Phi) is 10.5. The minimum Gasteiger partial charge on any atom is -0.347 e. The minimum absolute atomic E-state index is 0.00724. The molecule has 49 heavy (non-hydrogen) atoms. The summed E-state index contributed by atoms with van der Waals surface area (Å²) >= 11 is 0. The molecule has 4 aliphatic carbocycles. The number of sulfonamides is 1. The number of fused-ring (bicyclic) bond motifs is 1. The fraction of sp³-hybridized carbons (Fsp3) is 0.853. The number of Topliss-reactive ketones (excluding diaryl/α,β-unsaturated/α-hetero) is 1. The lowest BCUT2D eigenvalue weighted by Gasteiger charge is -2.41. The Labute approximate surface area is 290 Å². The van der Waals surface area contributed by atoms with Crippen molar-refractivity contribution in [3.8, 4) is 0 Å². The first-order valence-electron chi connectivity index (χ1n) is 17.8. The van der Waals surface area contributed by atoms with Crippen LogP contribution in [0.3, 0.4) is 0 Å². The van der Waals surface area contributed by atoms with E-state index in [1.807, 2.05) is 20.8 Å². The van der Waals surface area contributed by atoms with Crippen molar-refractivity contribution in [2.45, 2.75) is 129 Å². The molecule has 0 aromatic carbocycles. The number of hydrogen-bond donors (Lipinski definition) is 4. The zero-order valence-electron chi connectivity index (χ0n) is 30.1. The van der Waals surface area contributed by atoms with Crippen molar-refractivity contribution in [1.82, 2.24) is 30.6 Å². The van der Waals surface area contributed by atoms with Gasteiger partial charge in [-0.1, -0.05) is 71.2 Å². The molecule has 0 spiro atoms. The van der Waals surface area contributed by atoms with Crippen molar-refractivity contribution in [2.75, 3.05) is 26.5 Å². The topological polar surface area (TPSA) is 183 Å². The molecule has 0 bridgehead atoms. The molecular weight excluding hydrogens is 652 g/mol. The second-order valence-corrected chi connectivity index (χ2v) is 18.8. The maximum atomic E-state index is 14.4. The number of rotatable bonds is 14. The maximum absolute atomic E-state index is 14.4. The number of ketones is 1. The van der Waals surface area contributed by atoms with E-state index in [9.17, 15) is 32.4 Å². The molecule has 15 heteroatoms. The van der Waals surface area contributed by atoms with Crippen molar-refractivity contribution in [3.05, 3.63) is 0 Å². The number of urea groups is 1. The van der Waals surface area contributed by atoms with Crippen molar-refractivity contribution >= 4 is 39.6 Å². The Bertz CT molecular complexity index is 1430. The van der Waals surface area contributed by atoms with E-state index >= 15 is 0 Å². The van der Waals surface area contributed by atoms with E-state index in [0.29, 0.717) is 25.8 Å². The van der Waals surface area contributed by atoms with Gasteiger partial charge in [0.25, 0.3) is 5.91 Å². The monoisotopic (exact) mass is 708 g/mol. The number of amides is 5. The first-order valence-corrected chi connectivity index (χ1v) is 19.5. The van der Waals surface area contributed by atoms with Gasteiger partial charge in [-0.15, -0.1) is 0 Å². The van der Waals surface area contributed by atoms with E-state index in [1.165, 1.54) is 19.1 Å². The van der Waals surface area contributed by atoms with Gasteiger partial charge in [0.2, 0.25) is 27.6 Å². The number of carbonyl (C=O) groups excluding carboxylic acids is 5. The molecule has 0 radical (unpaired) electrons. The molecule has 5 atom stereocenters. The highest BCUT2D eigenvalue weighted by molar-refractivity contribution is 7.89. The normalized spacial score (nSPS) is 27.0. The van der Waals surface area contributed by atoms with E-state index in [1.54, 1.807) is 0 Å². The average molecular weight is 709 g/mol. The third-order valence-corrected chi connectivity index (χ3v) is 13.3. The van der Waals surface area contributed by atoms with E-state index in [4.69, 9.17) is 4.84 Å². The molecule has 276 valence electrons. The molecule has 4 N–H and O–H groups in total. The largest absolute Gasteiger partial charge is 0.347 e. The fourth-order valence-electron chi connectivity index (χ4n) is 7.94. The molecule has 14 nitrogen and oxygen atoms in total. The highest BCUT2D eigenvalue weighted by Gasteiger charge is 2.70. The predicted octanol–water partition coefficient (Wildman–Crippen LogP) is 1.84. The van der Waals surface area contributed by atoms with Gasteiger partial charge in [-0.25, -0.2) is 13.2 Å². The molecule has 1 heterocycles. The second-order valence-electron chi connectivity index (χ2n) is 16.8. The van der Waals surface area contributed by atoms with Crippen molar-refractivity contribution in [1.29, 1.82) is 0 Å². The average Bonchev–Trinajstić information content (AvgIpc) is 3.97. The number of hydroxylamine groups is 1. The molecule has 5 rings (SSSR count). The number of hydrogen-bond acceptors (Lipinski definition) is 8.